The van der Waals surface area contributed by atoms with Crippen molar-refractivity contribution in [2.75, 3.05) is 19.8 Å². The molecule has 8 nitrogen and oxygen atoms in total. The van der Waals surface area contributed by atoms with Crippen LogP contribution in [0.25, 0.3) is 0 Å². The van der Waals surface area contributed by atoms with Crippen molar-refractivity contribution in [3.63, 3.8) is 0 Å². The van der Waals surface area contributed by atoms with Crippen LogP contribution in [0.2, 0.25) is 0 Å². The molecule has 0 fully saturated rings. The number of carbonyl (C=O) groups excluding carboxylic acids is 1. The van der Waals surface area contributed by atoms with Gasteiger partial charge >= 0.3 is 7.82 Å². The number of amides is 1. The predicted molar refractivity (Wildman–Crippen MR) is 282 cm³/mol. The fourth-order valence-electron chi connectivity index (χ4n) is 9.02. The highest BCUT2D eigenvalue weighted by molar-refractivity contribution is 7.47. The third-order valence-corrected chi connectivity index (χ3v) is 14.3. The summed E-state index contributed by atoms with van der Waals surface area (Å²) in [6.45, 7) is 4.16. The van der Waals surface area contributed by atoms with Crippen LogP contribution in [0.15, 0.2) is 12.2 Å². The number of allylic oxidation sites excluding steroid dienone is 1. The lowest BCUT2D eigenvalue weighted by Crippen LogP contribution is -2.45. The van der Waals surface area contributed by atoms with Crippen LogP contribution in [0, 0.1) is 0 Å². The van der Waals surface area contributed by atoms with Crippen LogP contribution in [-0.2, 0) is 18.4 Å². The van der Waals surface area contributed by atoms with Gasteiger partial charge in [-0.15, -0.1) is 0 Å². The summed E-state index contributed by atoms with van der Waals surface area (Å²) in [5.74, 6) is -0.188. The Morgan fingerprint density at radius 3 is 1.09 bits per heavy atom. The third kappa shape index (κ3) is 50.9. The molecule has 388 valence electrons. The van der Waals surface area contributed by atoms with Crippen molar-refractivity contribution in [3.05, 3.63) is 12.2 Å². The summed E-state index contributed by atoms with van der Waals surface area (Å²) in [6, 6.07) is -0.855. The summed E-state index contributed by atoms with van der Waals surface area (Å²) in [4.78, 5) is 22.8. The zero-order chi connectivity index (χ0) is 47.4. The number of unbranched alkanes of at least 4 members (excludes halogenated alkanes) is 43. The molecular formula is C56H113N2O6P. The number of nitrogens with two attached hydrogens (primary N) is 1. The zero-order valence-electron chi connectivity index (χ0n) is 43.5. The summed E-state index contributed by atoms with van der Waals surface area (Å²) < 4.78 is 22.2. The summed E-state index contributed by atoms with van der Waals surface area (Å²) in [6.07, 6.45) is 63.3. The van der Waals surface area contributed by atoms with Gasteiger partial charge in [-0.2, -0.15) is 0 Å². The minimum absolute atomic E-state index is 0.0814. The zero-order valence-corrected chi connectivity index (χ0v) is 44.4. The summed E-state index contributed by atoms with van der Waals surface area (Å²) in [7, 11) is -4.34. The van der Waals surface area contributed by atoms with E-state index in [1.165, 1.54) is 250 Å². The van der Waals surface area contributed by atoms with Gasteiger partial charge in [0, 0.05) is 13.0 Å². The highest BCUT2D eigenvalue weighted by Gasteiger charge is 2.27. The molecule has 5 N–H and O–H groups in total. The second-order valence-electron chi connectivity index (χ2n) is 19.9. The predicted octanol–water partition coefficient (Wildman–Crippen LogP) is 17.5. The SMILES string of the molecule is CCCCCCCCCCC/C=C/[C@@H](O)[C@H](COP(=O)(O)OCCN)NC(=O)CCCCCCCCCCCCCCCCCCCCCCCCCCCCCCCCCCCCC. The molecule has 0 aromatic heterocycles. The van der Waals surface area contributed by atoms with Gasteiger partial charge < -0.3 is 21.1 Å². The summed E-state index contributed by atoms with van der Waals surface area (Å²) >= 11 is 0. The monoisotopic (exact) mass is 941 g/mol. The number of rotatable bonds is 55. The van der Waals surface area contributed by atoms with Gasteiger partial charge in [0.25, 0.3) is 0 Å². The summed E-state index contributed by atoms with van der Waals surface area (Å²) in [5, 5.41) is 13.7. The van der Waals surface area contributed by atoms with Crippen molar-refractivity contribution >= 4 is 13.7 Å². The summed E-state index contributed by atoms with van der Waals surface area (Å²) in [5.41, 5.74) is 5.39. The van der Waals surface area contributed by atoms with Gasteiger partial charge in [0.15, 0.2) is 0 Å². The maximum absolute atomic E-state index is 12.8. The van der Waals surface area contributed by atoms with Gasteiger partial charge in [-0.25, -0.2) is 4.57 Å². The molecule has 0 aromatic rings. The molecule has 1 amide bonds. The molecule has 0 spiro atoms. The van der Waals surface area contributed by atoms with Crippen LogP contribution in [0.1, 0.15) is 309 Å². The van der Waals surface area contributed by atoms with E-state index in [1.54, 1.807) is 6.08 Å². The molecule has 0 bridgehead atoms. The highest BCUT2D eigenvalue weighted by Crippen LogP contribution is 2.43. The van der Waals surface area contributed by atoms with Gasteiger partial charge in [0.1, 0.15) is 0 Å². The van der Waals surface area contributed by atoms with Crippen LogP contribution in [-0.4, -0.2) is 47.8 Å². The molecule has 0 radical (unpaired) electrons. The molecule has 0 saturated heterocycles. The molecule has 0 aliphatic carbocycles. The molecule has 9 heteroatoms. The van der Waals surface area contributed by atoms with Crippen LogP contribution < -0.4 is 11.1 Å². The van der Waals surface area contributed by atoms with Gasteiger partial charge in [0.05, 0.1) is 25.4 Å². The number of hydrogen-bond acceptors (Lipinski definition) is 6. The second kappa shape index (κ2) is 52.6. The standard InChI is InChI=1S/C56H113N2O6P/c1-3-5-7-9-11-13-15-16-17-18-19-20-21-22-23-24-25-26-27-28-29-30-31-32-33-34-35-36-37-38-40-42-44-46-48-50-56(60)58-54(53-64-65(61,62)63-52-51-57)55(59)49-47-45-43-41-39-14-12-10-8-6-4-2/h47,49,54-55,59H,3-46,48,50-53,57H2,1-2H3,(H,58,60)(H,61,62)/b49-47+/t54-,55+/m0/s1. The van der Waals surface area contributed by atoms with E-state index in [0.29, 0.717) is 6.42 Å². The fourth-order valence-corrected chi connectivity index (χ4v) is 9.78. The van der Waals surface area contributed by atoms with Gasteiger partial charge in [-0.3, -0.25) is 13.8 Å². The maximum atomic E-state index is 12.8. The maximum Gasteiger partial charge on any atom is 0.472 e. The Balaban J connectivity index is 3.73. The molecule has 0 heterocycles. The van der Waals surface area contributed by atoms with Crippen LogP contribution in [0.5, 0.6) is 0 Å². The van der Waals surface area contributed by atoms with Gasteiger partial charge in [-0.05, 0) is 19.3 Å². The smallest absolute Gasteiger partial charge is 0.387 e. The van der Waals surface area contributed by atoms with E-state index >= 15 is 0 Å². The number of hydrogen-bond donors (Lipinski definition) is 4. The topological polar surface area (TPSA) is 131 Å². The lowest BCUT2D eigenvalue weighted by Gasteiger charge is -2.23. The van der Waals surface area contributed by atoms with Gasteiger partial charge in [-0.1, -0.05) is 296 Å². The van der Waals surface area contributed by atoms with Crippen LogP contribution in [0.3, 0.4) is 0 Å². The molecule has 0 aliphatic rings. The Kier molecular flexibility index (Phi) is 52.0. The van der Waals surface area contributed by atoms with Crippen molar-refractivity contribution in [2.45, 2.75) is 321 Å². The van der Waals surface area contributed by atoms with Crippen molar-refractivity contribution in [3.8, 4) is 0 Å². The van der Waals surface area contributed by atoms with E-state index in [9.17, 15) is 19.4 Å². The first-order valence-corrected chi connectivity index (χ1v) is 30.3. The molecule has 0 saturated carbocycles. The van der Waals surface area contributed by atoms with E-state index in [1.807, 2.05) is 6.08 Å². The van der Waals surface area contributed by atoms with Crippen molar-refractivity contribution in [1.82, 2.24) is 5.32 Å². The average molecular weight is 942 g/mol. The van der Waals surface area contributed by atoms with Crippen molar-refractivity contribution in [1.29, 1.82) is 0 Å². The lowest BCUT2D eigenvalue weighted by molar-refractivity contribution is -0.123. The first kappa shape index (κ1) is 64.2. The normalized spacial score (nSPS) is 13.7. The average Bonchev–Trinajstić information content (AvgIpc) is 3.30. The van der Waals surface area contributed by atoms with E-state index < -0.39 is 20.0 Å². The van der Waals surface area contributed by atoms with E-state index in [2.05, 4.69) is 19.2 Å². The van der Waals surface area contributed by atoms with Crippen LogP contribution >= 0.6 is 7.82 Å². The number of carbonyl (C=O) groups is 1. The molecule has 3 atom stereocenters. The minimum atomic E-state index is -4.34. The Labute approximate surface area is 405 Å². The van der Waals surface area contributed by atoms with E-state index in [-0.39, 0.29) is 25.7 Å². The van der Waals surface area contributed by atoms with Gasteiger partial charge in [0.2, 0.25) is 5.91 Å². The quantitative estimate of drug-likeness (QED) is 0.0271. The third-order valence-electron chi connectivity index (χ3n) is 13.4. The Morgan fingerprint density at radius 2 is 0.785 bits per heavy atom. The number of nitrogens with one attached hydrogen (secondary N) is 1. The number of aliphatic hydroxyl groups excluding tert-OH is 1. The molecule has 0 rings (SSSR count). The molecular weight excluding hydrogens is 828 g/mol. The first-order valence-electron chi connectivity index (χ1n) is 28.8. The lowest BCUT2D eigenvalue weighted by atomic mass is 10.0. The van der Waals surface area contributed by atoms with E-state index in [0.717, 1.165) is 38.5 Å². The Bertz CT molecular complexity index is 1030. The second-order valence-corrected chi connectivity index (χ2v) is 21.3. The largest absolute Gasteiger partial charge is 0.472 e. The van der Waals surface area contributed by atoms with E-state index in [4.69, 9.17) is 14.8 Å². The molecule has 0 aliphatic heterocycles. The Morgan fingerprint density at radius 1 is 0.492 bits per heavy atom. The van der Waals surface area contributed by atoms with Crippen molar-refractivity contribution < 1.29 is 28.4 Å². The number of phosphoric acid groups is 1. The molecule has 65 heavy (non-hydrogen) atoms. The van der Waals surface area contributed by atoms with Crippen LogP contribution in [0.4, 0.5) is 0 Å². The fraction of sp³-hybridized carbons (Fsp3) is 0.946. The molecule has 1 unspecified atom stereocenters. The number of phosphoric ester groups is 1. The first-order chi connectivity index (χ1) is 31.9. The number of aliphatic hydroxyl groups is 1. The minimum Gasteiger partial charge on any atom is -0.387 e. The highest BCUT2D eigenvalue weighted by atomic mass is 31.2. The molecule has 0 aromatic carbocycles. The van der Waals surface area contributed by atoms with Crippen molar-refractivity contribution in [2.24, 2.45) is 5.73 Å². The Hall–Kier alpha value is -0.760.